The summed E-state index contributed by atoms with van der Waals surface area (Å²) in [6.07, 6.45) is 0. The monoisotopic (exact) mass is 262 g/mol. The third-order valence-corrected chi connectivity index (χ3v) is 0. The second kappa shape index (κ2) is 451. The van der Waals surface area contributed by atoms with Gasteiger partial charge in [-0.05, 0) is 0 Å². The van der Waals surface area contributed by atoms with Crippen molar-refractivity contribution in [2.45, 2.75) is 0 Å². The van der Waals surface area contributed by atoms with Crippen LogP contribution in [-0.4, -0.2) is 32.9 Å². The Bertz CT molecular complexity index is 8.49. The number of hydrogen-bond acceptors (Lipinski definition) is 0. The van der Waals surface area contributed by atoms with Crippen LogP contribution < -0.4 is 0 Å². The largest absolute Gasteiger partial charge is 0.412 e. The van der Waals surface area contributed by atoms with E-state index in [1.54, 1.807) is 0 Å². The molecule has 6 nitrogen and oxygen atoms in total. The summed E-state index contributed by atoms with van der Waals surface area (Å²) in [7, 11) is 0. The van der Waals surface area contributed by atoms with E-state index < -0.39 is 0 Å². The SMILES string of the molecule is O.O.O.O.O.O.[Cr].[Ru]. The van der Waals surface area contributed by atoms with Gasteiger partial charge in [-0.3, -0.25) is 0 Å². The van der Waals surface area contributed by atoms with E-state index in [1.807, 2.05) is 0 Å². The Balaban J connectivity index is 0. The molecule has 0 aromatic heterocycles. The second-order valence-corrected chi connectivity index (χ2v) is 0. The molecule has 0 aliphatic rings. The average Bonchev–Trinajstić information content (AvgIpc) is 0. The molecule has 0 unspecified atom stereocenters. The maximum atomic E-state index is 0. The van der Waals surface area contributed by atoms with Gasteiger partial charge in [0.05, 0.1) is 0 Å². The zero-order chi connectivity index (χ0) is 0. The molecule has 0 aromatic rings. The molecule has 8 heteroatoms. The molecular formula is H12CrO6Ru. The van der Waals surface area contributed by atoms with Crippen LogP contribution in [0.2, 0.25) is 0 Å². The Hall–Kier alpha value is 0.916. The summed E-state index contributed by atoms with van der Waals surface area (Å²) in [6.45, 7) is 0. The Morgan fingerprint density at radius 2 is 0.375 bits per heavy atom. The molecule has 62 valence electrons. The fourth-order valence-electron chi connectivity index (χ4n) is 0. The predicted octanol–water partition coefficient (Wildman–Crippen LogP) is -4.95. The topological polar surface area (TPSA) is 189 Å². The molecule has 0 saturated carbocycles. The molecule has 0 bridgehead atoms. The maximum absolute atomic E-state index is 0. The molecule has 0 aliphatic carbocycles. The van der Waals surface area contributed by atoms with Crippen molar-refractivity contribution in [3.8, 4) is 0 Å². The van der Waals surface area contributed by atoms with Crippen molar-refractivity contribution in [3.63, 3.8) is 0 Å². The fourth-order valence-corrected chi connectivity index (χ4v) is 0. The third kappa shape index (κ3) is 289. The van der Waals surface area contributed by atoms with E-state index in [1.165, 1.54) is 0 Å². The van der Waals surface area contributed by atoms with Crippen LogP contribution in [0.1, 0.15) is 0 Å². The molecule has 0 atom stereocenters. The first kappa shape index (κ1) is 666. The molecule has 12 N–H and O–H groups in total. The van der Waals surface area contributed by atoms with Crippen molar-refractivity contribution in [2.24, 2.45) is 0 Å². The average molecular weight is 261 g/mol. The van der Waals surface area contributed by atoms with Crippen LogP contribution in [0, 0.1) is 0 Å². The van der Waals surface area contributed by atoms with Gasteiger partial charge in [0.15, 0.2) is 0 Å². The Kier molecular flexibility index (Phi) is 37600. The fraction of sp³-hybridized carbons (Fsp3) is 0. The molecule has 0 saturated heterocycles. The Morgan fingerprint density at radius 3 is 0.375 bits per heavy atom. The number of rotatable bonds is 0. The first-order chi connectivity index (χ1) is 0. The van der Waals surface area contributed by atoms with Gasteiger partial charge in [-0.2, -0.15) is 0 Å². The predicted molar refractivity (Wildman–Crippen MR) is 21.7 cm³/mol. The van der Waals surface area contributed by atoms with Crippen LogP contribution in [0.15, 0.2) is 0 Å². The zero-order valence-electron chi connectivity index (χ0n) is 3.76. The molecule has 0 heterocycles. The summed E-state index contributed by atoms with van der Waals surface area (Å²) >= 11 is 0. The summed E-state index contributed by atoms with van der Waals surface area (Å²) in [6, 6.07) is 0. The van der Waals surface area contributed by atoms with Crippen LogP contribution in [0.25, 0.3) is 0 Å². The molecule has 8 heavy (non-hydrogen) atoms. The van der Waals surface area contributed by atoms with E-state index in [0.717, 1.165) is 0 Å². The van der Waals surface area contributed by atoms with Crippen LogP contribution in [0.4, 0.5) is 0 Å². The molecule has 0 aliphatic heterocycles. The van der Waals surface area contributed by atoms with E-state index in [-0.39, 0.29) is 69.7 Å². The van der Waals surface area contributed by atoms with E-state index in [9.17, 15) is 0 Å². The Morgan fingerprint density at radius 1 is 0.375 bits per heavy atom. The third-order valence-electron chi connectivity index (χ3n) is 0. The van der Waals surface area contributed by atoms with Gasteiger partial charge in [0.2, 0.25) is 0 Å². The summed E-state index contributed by atoms with van der Waals surface area (Å²) < 4.78 is 0. The smallest absolute Gasteiger partial charge is 0 e. The van der Waals surface area contributed by atoms with Gasteiger partial charge in [-0.15, -0.1) is 0 Å². The minimum atomic E-state index is 0. The molecule has 0 fully saturated rings. The van der Waals surface area contributed by atoms with Gasteiger partial charge >= 0.3 is 0 Å². The van der Waals surface area contributed by atoms with Crippen molar-refractivity contribution in [1.29, 1.82) is 0 Å². The van der Waals surface area contributed by atoms with Gasteiger partial charge < -0.3 is 32.9 Å². The minimum Gasteiger partial charge on any atom is -0.412 e. The second-order valence-electron chi connectivity index (χ2n) is 0. The first-order valence-corrected chi connectivity index (χ1v) is 0. The first-order valence-electron chi connectivity index (χ1n) is 0. The molecule has 0 amide bonds. The zero-order valence-corrected chi connectivity index (χ0v) is 6.77. The van der Waals surface area contributed by atoms with Gasteiger partial charge in [-0.25, -0.2) is 0 Å². The summed E-state index contributed by atoms with van der Waals surface area (Å²) in [5.41, 5.74) is 0. The van der Waals surface area contributed by atoms with Crippen molar-refractivity contribution in [2.75, 3.05) is 0 Å². The molecule has 0 radical (unpaired) electrons. The van der Waals surface area contributed by atoms with Gasteiger partial charge in [0, 0.05) is 36.8 Å². The summed E-state index contributed by atoms with van der Waals surface area (Å²) in [5.74, 6) is 0. The molecular weight excluding hydrogens is 249 g/mol. The van der Waals surface area contributed by atoms with Crippen LogP contribution >= 0.6 is 0 Å². The van der Waals surface area contributed by atoms with Crippen molar-refractivity contribution < 1.29 is 69.7 Å². The van der Waals surface area contributed by atoms with Gasteiger partial charge in [0.25, 0.3) is 0 Å². The van der Waals surface area contributed by atoms with Crippen LogP contribution in [0.3, 0.4) is 0 Å². The summed E-state index contributed by atoms with van der Waals surface area (Å²) in [4.78, 5) is 0. The van der Waals surface area contributed by atoms with E-state index in [4.69, 9.17) is 0 Å². The molecule has 0 aromatic carbocycles. The molecule has 0 rings (SSSR count). The van der Waals surface area contributed by atoms with Crippen molar-refractivity contribution in [3.05, 3.63) is 0 Å². The van der Waals surface area contributed by atoms with Crippen molar-refractivity contribution >= 4 is 0 Å². The van der Waals surface area contributed by atoms with Crippen LogP contribution in [0.5, 0.6) is 0 Å². The van der Waals surface area contributed by atoms with Gasteiger partial charge in [-0.1, -0.05) is 0 Å². The molecule has 0 spiro atoms. The normalized spacial score (nSPS) is 0. The summed E-state index contributed by atoms with van der Waals surface area (Å²) in [5, 5.41) is 0. The maximum Gasteiger partial charge on any atom is 0 e. The standard InChI is InChI=1S/Cr.6H2O.Ru/h;6*1H2;. The number of hydrogen-bond donors (Lipinski definition) is 0. The van der Waals surface area contributed by atoms with Crippen molar-refractivity contribution in [1.82, 2.24) is 0 Å². The van der Waals surface area contributed by atoms with E-state index in [2.05, 4.69) is 0 Å². The minimum absolute atomic E-state index is 0. The Labute approximate surface area is 70.0 Å². The van der Waals surface area contributed by atoms with Crippen LogP contribution in [-0.2, 0) is 36.8 Å². The van der Waals surface area contributed by atoms with E-state index in [0.29, 0.717) is 0 Å². The van der Waals surface area contributed by atoms with E-state index >= 15 is 0 Å². The quantitative estimate of drug-likeness (QED) is 0.378. The van der Waals surface area contributed by atoms with Gasteiger partial charge in [0.1, 0.15) is 0 Å².